The minimum absolute atomic E-state index is 0.315. The van der Waals surface area contributed by atoms with E-state index in [0.29, 0.717) is 6.04 Å². The fourth-order valence-electron chi connectivity index (χ4n) is 0.956. The molecule has 0 aromatic carbocycles. The quantitative estimate of drug-likeness (QED) is 0.507. The average Bonchev–Trinajstić information content (AvgIpc) is 2.39. The number of hydrazine groups is 1. The van der Waals surface area contributed by atoms with Crippen molar-refractivity contribution >= 4 is 33.9 Å². The Balaban J connectivity index is 2.73. The summed E-state index contributed by atoms with van der Waals surface area (Å²) in [5.41, 5.74) is 4.08. The predicted molar refractivity (Wildman–Crippen MR) is 57.4 cm³/mol. The summed E-state index contributed by atoms with van der Waals surface area (Å²) >= 11 is 4.07. The van der Waals surface area contributed by atoms with Gasteiger partial charge in [-0.3, -0.25) is 11.3 Å². The first kappa shape index (κ1) is 9.44. The van der Waals surface area contributed by atoms with Crippen LogP contribution in [0.4, 0.5) is 0 Å². The van der Waals surface area contributed by atoms with Crippen molar-refractivity contribution in [3.8, 4) is 0 Å². The number of hydrogen-bond donors (Lipinski definition) is 2. The molecule has 0 fully saturated rings. The monoisotopic (exact) mass is 282 g/mol. The van der Waals surface area contributed by atoms with E-state index in [2.05, 4.69) is 46.4 Å². The van der Waals surface area contributed by atoms with Gasteiger partial charge in [0.15, 0.2) is 0 Å². The SMILES string of the molecule is CCC(NN)c1csc(I)c1. The van der Waals surface area contributed by atoms with E-state index in [9.17, 15) is 0 Å². The van der Waals surface area contributed by atoms with E-state index in [1.807, 2.05) is 0 Å². The van der Waals surface area contributed by atoms with Crippen LogP contribution < -0.4 is 11.3 Å². The van der Waals surface area contributed by atoms with Crippen molar-refractivity contribution < 1.29 is 0 Å². The van der Waals surface area contributed by atoms with Crippen LogP contribution in [-0.2, 0) is 0 Å². The molecule has 11 heavy (non-hydrogen) atoms. The van der Waals surface area contributed by atoms with E-state index >= 15 is 0 Å². The minimum Gasteiger partial charge on any atom is -0.271 e. The number of rotatable bonds is 3. The summed E-state index contributed by atoms with van der Waals surface area (Å²) in [6.45, 7) is 2.12. The van der Waals surface area contributed by atoms with Crippen LogP contribution in [0.2, 0.25) is 0 Å². The van der Waals surface area contributed by atoms with Crippen LogP contribution in [0.1, 0.15) is 24.9 Å². The molecule has 4 heteroatoms. The molecule has 1 unspecified atom stereocenters. The van der Waals surface area contributed by atoms with Crippen LogP contribution in [-0.4, -0.2) is 0 Å². The van der Waals surface area contributed by atoms with E-state index < -0.39 is 0 Å². The lowest BCUT2D eigenvalue weighted by atomic mass is 10.1. The second kappa shape index (κ2) is 4.39. The lowest BCUT2D eigenvalue weighted by molar-refractivity contribution is 0.540. The summed E-state index contributed by atoms with van der Waals surface area (Å²) in [6, 6.07) is 2.48. The highest BCUT2D eigenvalue weighted by atomic mass is 127. The van der Waals surface area contributed by atoms with Gasteiger partial charge in [-0.25, -0.2) is 0 Å². The molecule has 0 aliphatic carbocycles. The molecule has 0 bridgehead atoms. The molecule has 1 atom stereocenters. The molecule has 2 nitrogen and oxygen atoms in total. The Morgan fingerprint density at radius 3 is 2.91 bits per heavy atom. The topological polar surface area (TPSA) is 38.0 Å². The zero-order chi connectivity index (χ0) is 8.27. The highest BCUT2D eigenvalue weighted by Crippen LogP contribution is 2.23. The van der Waals surface area contributed by atoms with Crippen molar-refractivity contribution in [1.29, 1.82) is 0 Å². The van der Waals surface area contributed by atoms with Gasteiger partial charge >= 0.3 is 0 Å². The molecule has 1 aromatic heterocycles. The van der Waals surface area contributed by atoms with Gasteiger partial charge in [0.25, 0.3) is 0 Å². The van der Waals surface area contributed by atoms with Gasteiger partial charge in [-0.15, -0.1) is 11.3 Å². The number of nitrogens with two attached hydrogens (primary N) is 1. The van der Waals surface area contributed by atoms with Gasteiger partial charge in [0, 0.05) is 6.04 Å². The van der Waals surface area contributed by atoms with Crippen LogP contribution in [0.15, 0.2) is 11.4 Å². The van der Waals surface area contributed by atoms with Crippen LogP contribution in [0.3, 0.4) is 0 Å². The number of halogens is 1. The molecule has 62 valence electrons. The molecular weight excluding hydrogens is 271 g/mol. The largest absolute Gasteiger partial charge is 0.271 e. The molecule has 3 N–H and O–H groups in total. The molecule has 0 saturated heterocycles. The molecule has 0 radical (unpaired) electrons. The average molecular weight is 282 g/mol. The van der Waals surface area contributed by atoms with Crippen molar-refractivity contribution in [3.05, 3.63) is 19.9 Å². The molecule has 0 amide bonds. The maximum Gasteiger partial charge on any atom is 0.0656 e. The predicted octanol–water partition coefficient (Wildman–Crippen LogP) is 2.27. The zero-order valence-electron chi connectivity index (χ0n) is 6.30. The van der Waals surface area contributed by atoms with E-state index in [1.165, 1.54) is 8.45 Å². The summed E-state index contributed by atoms with van der Waals surface area (Å²) in [4.78, 5) is 0. The van der Waals surface area contributed by atoms with E-state index in [4.69, 9.17) is 5.84 Å². The van der Waals surface area contributed by atoms with Gasteiger partial charge in [-0.05, 0) is 46.0 Å². The molecule has 1 heterocycles. The number of thiophene rings is 1. The zero-order valence-corrected chi connectivity index (χ0v) is 9.28. The molecule has 1 rings (SSSR count). The molecular formula is C7H11IN2S. The molecule has 0 spiro atoms. The summed E-state index contributed by atoms with van der Waals surface area (Å²) in [6.07, 6.45) is 1.03. The molecule has 0 saturated carbocycles. The van der Waals surface area contributed by atoms with Gasteiger partial charge in [0.1, 0.15) is 0 Å². The first-order valence-electron chi connectivity index (χ1n) is 3.48. The lowest BCUT2D eigenvalue weighted by Gasteiger charge is -2.10. The summed E-state index contributed by atoms with van der Waals surface area (Å²) in [7, 11) is 0. The lowest BCUT2D eigenvalue weighted by Crippen LogP contribution is -2.26. The summed E-state index contributed by atoms with van der Waals surface area (Å²) in [5, 5.41) is 2.15. The van der Waals surface area contributed by atoms with E-state index in [1.54, 1.807) is 11.3 Å². The Morgan fingerprint density at radius 1 is 1.82 bits per heavy atom. The second-order valence-corrected chi connectivity index (χ2v) is 5.12. The van der Waals surface area contributed by atoms with Crippen LogP contribution in [0.5, 0.6) is 0 Å². The molecule has 0 aliphatic rings. The number of nitrogens with one attached hydrogen (secondary N) is 1. The maximum absolute atomic E-state index is 5.38. The smallest absolute Gasteiger partial charge is 0.0656 e. The Bertz CT molecular complexity index is 220. The van der Waals surface area contributed by atoms with Crippen molar-refractivity contribution in [1.82, 2.24) is 5.43 Å². The highest BCUT2D eigenvalue weighted by Gasteiger charge is 2.07. The van der Waals surface area contributed by atoms with Gasteiger partial charge in [0.2, 0.25) is 0 Å². The van der Waals surface area contributed by atoms with Gasteiger partial charge < -0.3 is 0 Å². The Kier molecular flexibility index (Phi) is 3.77. The summed E-state index contributed by atoms with van der Waals surface area (Å²) < 4.78 is 1.31. The van der Waals surface area contributed by atoms with Gasteiger partial charge in [-0.1, -0.05) is 6.92 Å². The van der Waals surface area contributed by atoms with Crippen molar-refractivity contribution in [3.63, 3.8) is 0 Å². The van der Waals surface area contributed by atoms with E-state index in [0.717, 1.165) is 6.42 Å². The van der Waals surface area contributed by atoms with Gasteiger partial charge in [0.05, 0.1) is 2.88 Å². The molecule has 0 aliphatic heterocycles. The van der Waals surface area contributed by atoms with E-state index in [-0.39, 0.29) is 0 Å². The first-order valence-corrected chi connectivity index (χ1v) is 5.43. The fourth-order valence-corrected chi connectivity index (χ4v) is 2.38. The third-order valence-electron chi connectivity index (χ3n) is 1.60. The Labute approximate surface area is 84.3 Å². The molecule has 1 aromatic rings. The van der Waals surface area contributed by atoms with Crippen molar-refractivity contribution in [2.75, 3.05) is 0 Å². The first-order chi connectivity index (χ1) is 5.27. The normalized spacial score (nSPS) is 13.4. The third kappa shape index (κ3) is 2.40. The van der Waals surface area contributed by atoms with Crippen LogP contribution >= 0.6 is 33.9 Å². The summed E-state index contributed by atoms with van der Waals surface area (Å²) in [5.74, 6) is 5.38. The standard InChI is InChI=1S/C7H11IN2S/c1-2-6(10-9)5-3-7(8)11-4-5/h3-4,6,10H,2,9H2,1H3. The number of hydrogen-bond acceptors (Lipinski definition) is 3. The Morgan fingerprint density at radius 2 is 2.55 bits per heavy atom. The van der Waals surface area contributed by atoms with Crippen molar-refractivity contribution in [2.45, 2.75) is 19.4 Å². The highest BCUT2D eigenvalue weighted by molar-refractivity contribution is 14.1. The van der Waals surface area contributed by atoms with Crippen molar-refractivity contribution in [2.24, 2.45) is 5.84 Å². The maximum atomic E-state index is 5.38. The van der Waals surface area contributed by atoms with Crippen LogP contribution in [0, 0.1) is 2.88 Å². The second-order valence-electron chi connectivity index (χ2n) is 2.31. The Hall–Kier alpha value is 0.350. The fraction of sp³-hybridized carbons (Fsp3) is 0.429. The van der Waals surface area contributed by atoms with Gasteiger partial charge in [-0.2, -0.15) is 0 Å². The third-order valence-corrected chi connectivity index (χ3v) is 3.41. The minimum atomic E-state index is 0.315. The van der Waals surface area contributed by atoms with Crippen LogP contribution in [0.25, 0.3) is 0 Å².